The molecule has 0 spiro atoms. The van der Waals surface area contributed by atoms with Crippen LogP contribution in [0.25, 0.3) is 0 Å². The summed E-state index contributed by atoms with van der Waals surface area (Å²) in [7, 11) is 0. The van der Waals surface area contributed by atoms with E-state index in [1.807, 2.05) is 12.1 Å². The number of hydrogen-bond donors (Lipinski definition) is 1. The molecule has 1 heterocycles. The highest BCUT2D eigenvalue weighted by molar-refractivity contribution is 9.10. The number of aryl methyl sites for hydroxylation is 1. The first-order chi connectivity index (χ1) is 9.17. The highest BCUT2D eigenvalue weighted by Crippen LogP contribution is 2.15. The maximum atomic E-state index is 5.99. The molecule has 0 amide bonds. The minimum absolute atomic E-state index is 0.483. The van der Waals surface area contributed by atoms with Crippen LogP contribution in [0.3, 0.4) is 0 Å². The van der Waals surface area contributed by atoms with Gasteiger partial charge in [-0.1, -0.05) is 46.6 Å². The van der Waals surface area contributed by atoms with E-state index in [0.717, 1.165) is 29.0 Å². The zero-order valence-corrected chi connectivity index (χ0v) is 13.0. The molecule has 1 aromatic heterocycles. The van der Waals surface area contributed by atoms with Gasteiger partial charge in [0.25, 0.3) is 0 Å². The second kappa shape index (κ2) is 6.87. The number of hydrogen-bond acceptors (Lipinski definition) is 3. The molecule has 0 fully saturated rings. The summed E-state index contributed by atoms with van der Waals surface area (Å²) in [5, 5.41) is 3.75. The summed E-state index contributed by atoms with van der Waals surface area (Å²) in [4.78, 5) is 8.64. The van der Waals surface area contributed by atoms with Gasteiger partial charge in [0.15, 0.2) is 0 Å². The van der Waals surface area contributed by atoms with Crippen LogP contribution in [0.2, 0.25) is 5.15 Å². The van der Waals surface area contributed by atoms with E-state index >= 15 is 0 Å². The van der Waals surface area contributed by atoms with Gasteiger partial charge in [-0.15, -0.1) is 0 Å². The molecule has 1 aromatic carbocycles. The summed E-state index contributed by atoms with van der Waals surface area (Å²) in [6, 6.07) is 9.91. The number of anilines is 1. The fourth-order valence-electron chi connectivity index (χ4n) is 1.69. The van der Waals surface area contributed by atoms with E-state index in [-0.39, 0.29) is 0 Å². The van der Waals surface area contributed by atoms with Crippen molar-refractivity contribution in [1.29, 1.82) is 0 Å². The van der Waals surface area contributed by atoms with E-state index in [1.165, 1.54) is 5.56 Å². The molecule has 0 aliphatic heterocycles. The maximum absolute atomic E-state index is 5.99. The SMILES string of the molecule is CCCc1nc(Cl)cc(NCc2ccc(Br)cc2)n1. The fraction of sp³-hybridized carbons (Fsp3) is 0.286. The predicted molar refractivity (Wildman–Crippen MR) is 82.5 cm³/mol. The Labute approximate surface area is 126 Å². The van der Waals surface area contributed by atoms with Gasteiger partial charge < -0.3 is 5.32 Å². The Bertz CT molecular complexity index is 543. The average Bonchev–Trinajstić information content (AvgIpc) is 2.38. The van der Waals surface area contributed by atoms with Gasteiger partial charge in [-0.05, 0) is 24.1 Å². The van der Waals surface area contributed by atoms with Gasteiger partial charge in [-0.3, -0.25) is 0 Å². The number of rotatable bonds is 5. The predicted octanol–water partition coefficient (Wildman–Crippen LogP) is 4.46. The van der Waals surface area contributed by atoms with Crippen molar-refractivity contribution in [2.75, 3.05) is 5.32 Å². The van der Waals surface area contributed by atoms with Crippen molar-refractivity contribution in [3.05, 3.63) is 51.3 Å². The van der Waals surface area contributed by atoms with Gasteiger partial charge in [0, 0.05) is 23.5 Å². The lowest BCUT2D eigenvalue weighted by Crippen LogP contribution is -2.04. The first kappa shape index (κ1) is 14.3. The average molecular weight is 341 g/mol. The molecule has 2 aromatic rings. The molecule has 0 aliphatic carbocycles. The van der Waals surface area contributed by atoms with Crippen LogP contribution in [-0.2, 0) is 13.0 Å². The Morgan fingerprint density at radius 2 is 1.95 bits per heavy atom. The van der Waals surface area contributed by atoms with Crippen molar-refractivity contribution in [1.82, 2.24) is 9.97 Å². The zero-order valence-electron chi connectivity index (χ0n) is 10.7. The molecule has 100 valence electrons. The largest absolute Gasteiger partial charge is 0.366 e. The molecule has 0 saturated heterocycles. The Kier molecular flexibility index (Phi) is 5.16. The minimum Gasteiger partial charge on any atom is -0.366 e. The Hall–Kier alpha value is -1.13. The lowest BCUT2D eigenvalue weighted by Gasteiger charge is -2.08. The third-order valence-electron chi connectivity index (χ3n) is 2.60. The van der Waals surface area contributed by atoms with Crippen molar-refractivity contribution in [2.45, 2.75) is 26.3 Å². The first-order valence-electron chi connectivity index (χ1n) is 6.19. The molecule has 0 unspecified atom stereocenters. The molecule has 19 heavy (non-hydrogen) atoms. The van der Waals surface area contributed by atoms with Crippen LogP contribution in [0.5, 0.6) is 0 Å². The molecule has 0 aliphatic rings. The molecule has 1 N–H and O–H groups in total. The number of halogens is 2. The van der Waals surface area contributed by atoms with Gasteiger partial charge in [0.2, 0.25) is 0 Å². The van der Waals surface area contributed by atoms with Gasteiger partial charge in [0.05, 0.1) is 0 Å². The van der Waals surface area contributed by atoms with Crippen molar-refractivity contribution < 1.29 is 0 Å². The molecule has 2 rings (SSSR count). The van der Waals surface area contributed by atoms with Gasteiger partial charge in [0.1, 0.15) is 16.8 Å². The zero-order chi connectivity index (χ0) is 13.7. The number of benzene rings is 1. The highest BCUT2D eigenvalue weighted by atomic mass is 79.9. The van der Waals surface area contributed by atoms with E-state index < -0.39 is 0 Å². The van der Waals surface area contributed by atoms with Crippen LogP contribution in [0.1, 0.15) is 24.7 Å². The number of nitrogens with one attached hydrogen (secondary N) is 1. The number of aromatic nitrogens is 2. The van der Waals surface area contributed by atoms with E-state index in [2.05, 4.69) is 50.3 Å². The highest BCUT2D eigenvalue weighted by Gasteiger charge is 2.02. The van der Waals surface area contributed by atoms with E-state index in [1.54, 1.807) is 6.07 Å². The summed E-state index contributed by atoms with van der Waals surface area (Å²) < 4.78 is 1.08. The van der Waals surface area contributed by atoms with Crippen LogP contribution >= 0.6 is 27.5 Å². The van der Waals surface area contributed by atoms with Crippen LogP contribution in [0.15, 0.2) is 34.8 Å². The van der Waals surface area contributed by atoms with Crippen molar-refractivity contribution in [3.63, 3.8) is 0 Å². The fourth-order valence-corrected chi connectivity index (χ4v) is 2.15. The molecule has 3 nitrogen and oxygen atoms in total. The van der Waals surface area contributed by atoms with Gasteiger partial charge >= 0.3 is 0 Å². The summed E-state index contributed by atoms with van der Waals surface area (Å²) in [5.41, 5.74) is 1.19. The second-order valence-corrected chi connectivity index (χ2v) is 5.53. The number of nitrogens with zero attached hydrogens (tertiary/aromatic N) is 2. The first-order valence-corrected chi connectivity index (χ1v) is 7.36. The normalized spacial score (nSPS) is 10.5. The van der Waals surface area contributed by atoms with Crippen molar-refractivity contribution in [2.24, 2.45) is 0 Å². The Morgan fingerprint density at radius 1 is 1.21 bits per heavy atom. The Balaban J connectivity index is 2.04. The topological polar surface area (TPSA) is 37.8 Å². The molecule has 5 heteroatoms. The van der Waals surface area contributed by atoms with E-state index in [4.69, 9.17) is 11.6 Å². The standard InChI is InChI=1S/C14H15BrClN3/c1-2-3-13-18-12(16)8-14(19-13)17-9-10-4-6-11(15)7-5-10/h4-8H,2-3,9H2,1H3,(H,17,18,19). The Morgan fingerprint density at radius 3 is 2.63 bits per heavy atom. The molecule has 0 saturated carbocycles. The summed E-state index contributed by atoms with van der Waals surface area (Å²) in [6.07, 6.45) is 1.85. The molecule has 0 atom stereocenters. The van der Waals surface area contributed by atoms with E-state index in [0.29, 0.717) is 11.7 Å². The lowest BCUT2D eigenvalue weighted by atomic mass is 10.2. The van der Waals surface area contributed by atoms with Crippen LogP contribution in [-0.4, -0.2) is 9.97 Å². The minimum atomic E-state index is 0.483. The molecular formula is C14H15BrClN3. The summed E-state index contributed by atoms with van der Waals surface area (Å²) in [5.74, 6) is 1.56. The molecule has 0 bridgehead atoms. The quantitative estimate of drug-likeness (QED) is 0.817. The monoisotopic (exact) mass is 339 g/mol. The second-order valence-electron chi connectivity index (χ2n) is 4.22. The lowest BCUT2D eigenvalue weighted by molar-refractivity contribution is 0.834. The maximum Gasteiger partial charge on any atom is 0.134 e. The molecule has 0 radical (unpaired) electrons. The third-order valence-corrected chi connectivity index (χ3v) is 3.32. The summed E-state index contributed by atoms with van der Waals surface area (Å²) >= 11 is 9.41. The third kappa shape index (κ3) is 4.48. The van der Waals surface area contributed by atoms with Crippen LogP contribution in [0.4, 0.5) is 5.82 Å². The van der Waals surface area contributed by atoms with Gasteiger partial charge in [-0.25, -0.2) is 9.97 Å². The van der Waals surface area contributed by atoms with Crippen molar-refractivity contribution in [3.8, 4) is 0 Å². The van der Waals surface area contributed by atoms with Gasteiger partial charge in [-0.2, -0.15) is 0 Å². The molecular weight excluding hydrogens is 326 g/mol. The smallest absolute Gasteiger partial charge is 0.134 e. The van der Waals surface area contributed by atoms with E-state index in [9.17, 15) is 0 Å². The van der Waals surface area contributed by atoms with Crippen molar-refractivity contribution >= 4 is 33.3 Å². The summed E-state index contributed by atoms with van der Waals surface area (Å²) in [6.45, 7) is 2.81. The van der Waals surface area contributed by atoms with Crippen LogP contribution < -0.4 is 5.32 Å². The van der Waals surface area contributed by atoms with Crippen LogP contribution in [0, 0.1) is 0 Å².